The Morgan fingerprint density at radius 3 is 2.65 bits per heavy atom. The van der Waals surface area contributed by atoms with E-state index in [9.17, 15) is 4.79 Å². The second-order valence-electron chi connectivity index (χ2n) is 5.87. The molecule has 20 heavy (non-hydrogen) atoms. The smallest absolute Gasteiger partial charge is 0.162 e. The van der Waals surface area contributed by atoms with Crippen LogP contribution in [0, 0.1) is 5.92 Å². The third-order valence-electron chi connectivity index (χ3n) is 4.09. The predicted molar refractivity (Wildman–Crippen MR) is 82.4 cm³/mol. The van der Waals surface area contributed by atoms with Crippen molar-refractivity contribution in [3.8, 4) is 5.75 Å². The minimum Gasteiger partial charge on any atom is -0.493 e. The summed E-state index contributed by atoms with van der Waals surface area (Å²) in [6.07, 6.45) is 9.50. The van der Waals surface area contributed by atoms with E-state index in [1.54, 1.807) is 0 Å². The minimum atomic E-state index is 0.215. The molecule has 1 fully saturated rings. The lowest BCUT2D eigenvalue weighted by molar-refractivity contribution is 0.0981. The van der Waals surface area contributed by atoms with Crippen LogP contribution in [0.15, 0.2) is 24.3 Å². The third-order valence-corrected chi connectivity index (χ3v) is 4.09. The highest BCUT2D eigenvalue weighted by Gasteiger charge is 2.13. The van der Waals surface area contributed by atoms with E-state index in [4.69, 9.17) is 4.74 Å². The number of benzene rings is 1. The first-order valence-electron chi connectivity index (χ1n) is 8.05. The van der Waals surface area contributed by atoms with Gasteiger partial charge in [0.15, 0.2) is 5.78 Å². The van der Waals surface area contributed by atoms with Crippen molar-refractivity contribution in [2.75, 3.05) is 6.61 Å². The second kappa shape index (κ2) is 8.08. The van der Waals surface area contributed by atoms with E-state index in [0.29, 0.717) is 12.3 Å². The van der Waals surface area contributed by atoms with E-state index < -0.39 is 0 Å². The Balaban J connectivity index is 1.88. The minimum absolute atomic E-state index is 0.215. The number of hydrogen-bond acceptors (Lipinski definition) is 2. The molecule has 2 nitrogen and oxygen atoms in total. The largest absolute Gasteiger partial charge is 0.493 e. The molecule has 1 aliphatic carbocycles. The van der Waals surface area contributed by atoms with Crippen LogP contribution in [-0.4, -0.2) is 12.4 Å². The Morgan fingerprint density at radius 1 is 1.20 bits per heavy atom. The zero-order valence-corrected chi connectivity index (χ0v) is 12.6. The van der Waals surface area contributed by atoms with E-state index in [2.05, 4.69) is 0 Å². The molecule has 0 bridgehead atoms. The number of ether oxygens (including phenoxy) is 1. The van der Waals surface area contributed by atoms with Crippen LogP contribution < -0.4 is 4.74 Å². The van der Waals surface area contributed by atoms with Crippen LogP contribution in [0.3, 0.4) is 0 Å². The van der Waals surface area contributed by atoms with Crippen LogP contribution >= 0.6 is 0 Å². The fourth-order valence-electron chi connectivity index (χ4n) is 2.88. The van der Waals surface area contributed by atoms with Gasteiger partial charge in [0.25, 0.3) is 0 Å². The summed E-state index contributed by atoms with van der Waals surface area (Å²) in [6.45, 7) is 2.83. The number of ketones is 1. The molecule has 0 saturated heterocycles. The number of carbonyl (C=O) groups excluding carboxylic acids is 1. The van der Waals surface area contributed by atoms with Crippen molar-refractivity contribution in [3.63, 3.8) is 0 Å². The van der Waals surface area contributed by atoms with E-state index in [1.165, 1.54) is 38.5 Å². The van der Waals surface area contributed by atoms with Gasteiger partial charge >= 0.3 is 0 Å². The topological polar surface area (TPSA) is 26.3 Å². The molecule has 110 valence electrons. The Hall–Kier alpha value is -1.31. The van der Waals surface area contributed by atoms with Gasteiger partial charge < -0.3 is 4.74 Å². The molecular formula is C18H26O2. The monoisotopic (exact) mass is 274 g/mol. The Kier molecular flexibility index (Phi) is 6.10. The molecule has 0 aliphatic heterocycles. The lowest BCUT2D eigenvalue weighted by Gasteiger charge is -2.15. The van der Waals surface area contributed by atoms with Crippen LogP contribution in [0.5, 0.6) is 5.75 Å². The molecule has 1 aromatic rings. The van der Waals surface area contributed by atoms with Crippen LogP contribution in [0.2, 0.25) is 0 Å². The zero-order chi connectivity index (χ0) is 14.2. The molecule has 0 unspecified atom stereocenters. The van der Waals surface area contributed by atoms with E-state index >= 15 is 0 Å². The average molecular weight is 274 g/mol. The van der Waals surface area contributed by atoms with Gasteiger partial charge in [-0.1, -0.05) is 44.7 Å². The van der Waals surface area contributed by atoms with Crippen molar-refractivity contribution < 1.29 is 9.53 Å². The van der Waals surface area contributed by atoms with Crippen molar-refractivity contribution >= 4 is 5.78 Å². The van der Waals surface area contributed by atoms with E-state index in [-0.39, 0.29) is 5.78 Å². The van der Waals surface area contributed by atoms with Gasteiger partial charge in [0.2, 0.25) is 0 Å². The van der Waals surface area contributed by atoms with E-state index in [0.717, 1.165) is 24.3 Å². The average Bonchev–Trinajstić information content (AvgIpc) is 2.74. The summed E-state index contributed by atoms with van der Waals surface area (Å²) in [4.78, 5) is 11.9. The highest BCUT2D eigenvalue weighted by atomic mass is 16.5. The summed E-state index contributed by atoms with van der Waals surface area (Å²) in [5.74, 6) is 1.75. The summed E-state index contributed by atoms with van der Waals surface area (Å²) in [7, 11) is 0. The molecule has 2 heteroatoms. The van der Waals surface area contributed by atoms with Crippen molar-refractivity contribution in [1.82, 2.24) is 0 Å². The molecule has 2 rings (SSSR count). The Labute approximate surface area is 122 Å². The summed E-state index contributed by atoms with van der Waals surface area (Å²) >= 11 is 0. The molecule has 0 radical (unpaired) electrons. The second-order valence-corrected chi connectivity index (χ2v) is 5.87. The van der Waals surface area contributed by atoms with Gasteiger partial charge in [0.1, 0.15) is 5.75 Å². The van der Waals surface area contributed by atoms with Crippen LogP contribution in [0.4, 0.5) is 0 Å². The number of Topliss-reactive ketones (excluding diaryl/α,β-unsaturated/α-hetero) is 1. The first-order valence-corrected chi connectivity index (χ1v) is 8.05. The summed E-state index contributed by atoms with van der Waals surface area (Å²) in [5.41, 5.74) is 0.783. The maximum atomic E-state index is 11.9. The molecule has 1 aliphatic rings. The lowest BCUT2D eigenvalue weighted by Crippen LogP contribution is -2.11. The highest BCUT2D eigenvalue weighted by Crippen LogP contribution is 2.24. The normalized spacial score (nSPS) is 16.6. The molecule has 1 saturated carbocycles. The van der Waals surface area contributed by atoms with Crippen LogP contribution in [0.1, 0.15) is 68.6 Å². The first kappa shape index (κ1) is 15.1. The van der Waals surface area contributed by atoms with Gasteiger partial charge in [-0.25, -0.2) is 0 Å². The number of carbonyl (C=O) groups is 1. The van der Waals surface area contributed by atoms with Crippen molar-refractivity contribution in [3.05, 3.63) is 29.8 Å². The SMILES string of the molecule is CCCC(=O)c1cccc(OCC2CCCCCC2)c1. The first-order chi connectivity index (χ1) is 9.79. The van der Waals surface area contributed by atoms with Gasteiger partial charge in [-0.2, -0.15) is 0 Å². The van der Waals surface area contributed by atoms with E-state index in [1.807, 2.05) is 31.2 Å². The van der Waals surface area contributed by atoms with Crippen molar-refractivity contribution in [1.29, 1.82) is 0 Å². The molecule has 0 spiro atoms. The standard InChI is InChI=1S/C18H26O2/c1-2-8-18(19)16-11-7-12-17(13-16)20-14-15-9-5-3-4-6-10-15/h7,11-13,15H,2-6,8-10,14H2,1H3. The summed E-state index contributed by atoms with van der Waals surface area (Å²) in [6, 6.07) is 7.66. The zero-order valence-electron chi connectivity index (χ0n) is 12.6. The summed E-state index contributed by atoms with van der Waals surface area (Å²) < 4.78 is 5.92. The third kappa shape index (κ3) is 4.66. The van der Waals surface area contributed by atoms with Gasteiger partial charge in [-0.05, 0) is 37.3 Å². The number of hydrogen-bond donors (Lipinski definition) is 0. The summed E-state index contributed by atoms with van der Waals surface area (Å²) in [5, 5.41) is 0. The fourth-order valence-corrected chi connectivity index (χ4v) is 2.88. The predicted octanol–water partition coefficient (Wildman–Crippen LogP) is 5.02. The molecule has 0 amide bonds. The Bertz CT molecular complexity index is 417. The van der Waals surface area contributed by atoms with Crippen LogP contribution in [0.25, 0.3) is 0 Å². The van der Waals surface area contributed by atoms with Crippen molar-refractivity contribution in [2.45, 2.75) is 58.3 Å². The van der Waals surface area contributed by atoms with Gasteiger partial charge in [0.05, 0.1) is 6.61 Å². The quantitative estimate of drug-likeness (QED) is 0.538. The van der Waals surface area contributed by atoms with Crippen LogP contribution in [-0.2, 0) is 0 Å². The van der Waals surface area contributed by atoms with Gasteiger partial charge in [-0.3, -0.25) is 4.79 Å². The fraction of sp³-hybridized carbons (Fsp3) is 0.611. The molecule has 1 aromatic carbocycles. The molecular weight excluding hydrogens is 248 g/mol. The number of rotatable bonds is 6. The maximum absolute atomic E-state index is 11.9. The van der Waals surface area contributed by atoms with Crippen molar-refractivity contribution in [2.24, 2.45) is 5.92 Å². The molecule has 0 heterocycles. The Morgan fingerprint density at radius 2 is 1.95 bits per heavy atom. The lowest BCUT2D eigenvalue weighted by atomic mass is 10.0. The maximum Gasteiger partial charge on any atom is 0.162 e. The molecule has 0 N–H and O–H groups in total. The van der Waals surface area contributed by atoms with Gasteiger partial charge in [-0.15, -0.1) is 0 Å². The molecule has 0 aromatic heterocycles. The molecule has 0 atom stereocenters. The highest BCUT2D eigenvalue weighted by molar-refractivity contribution is 5.96. The van der Waals surface area contributed by atoms with Gasteiger partial charge in [0, 0.05) is 12.0 Å².